The number of benzene rings is 1. The maximum atomic E-state index is 6.16. The highest BCUT2D eigenvalue weighted by Gasteiger charge is 2.20. The number of hydrogen-bond donors (Lipinski definition) is 1. The van der Waals surface area contributed by atoms with Gasteiger partial charge in [0, 0.05) is 18.1 Å². The molecular weight excluding hydrogens is 284 g/mol. The van der Waals surface area contributed by atoms with Crippen LogP contribution in [0.4, 0.5) is 0 Å². The summed E-state index contributed by atoms with van der Waals surface area (Å²) in [5, 5.41) is 1.87. The van der Waals surface area contributed by atoms with Crippen molar-refractivity contribution in [3.8, 4) is 0 Å². The van der Waals surface area contributed by atoms with Gasteiger partial charge in [0.05, 0.1) is 28.2 Å². The molecule has 17 heavy (non-hydrogen) atoms. The number of hydrogen-bond acceptors (Lipinski definition) is 3. The van der Waals surface area contributed by atoms with Crippen molar-refractivity contribution in [2.75, 3.05) is 7.11 Å². The van der Waals surface area contributed by atoms with Gasteiger partial charge in [0.25, 0.3) is 0 Å². The highest BCUT2D eigenvalue weighted by atomic mass is 35.5. The monoisotopic (exact) mass is 293 g/mol. The van der Waals surface area contributed by atoms with E-state index in [9.17, 15) is 0 Å². The van der Waals surface area contributed by atoms with E-state index in [0.717, 1.165) is 5.56 Å². The summed E-state index contributed by atoms with van der Waals surface area (Å²) in [5.41, 5.74) is 6.90. The lowest BCUT2D eigenvalue weighted by Crippen LogP contribution is -1.99. The number of furan rings is 1. The molecule has 0 amide bonds. The third-order valence-corrected chi connectivity index (χ3v) is 3.53. The van der Waals surface area contributed by atoms with Crippen LogP contribution in [0.1, 0.15) is 11.3 Å². The summed E-state index contributed by atoms with van der Waals surface area (Å²) >= 11 is 18.2. The molecule has 2 aromatic rings. The van der Waals surface area contributed by atoms with Gasteiger partial charge in [-0.05, 0) is 6.07 Å². The number of fused-ring (bicyclic) bond motifs is 1. The Morgan fingerprint density at radius 3 is 2.59 bits per heavy atom. The average molecular weight is 295 g/mol. The predicted octanol–water partition coefficient (Wildman–Crippen LogP) is 4.00. The SMILES string of the molecule is COCc1c(CN)oc2c(Cl)cc(Cl)c(Cl)c12. The van der Waals surface area contributed by atoms with Gasteiger partial charge >= 0.3 is 0 Å². The van der Waals surface area contributed by atoms with Gasteiger partial charge in [-0.1, -0.05) is 34.8 Å². The van der Waals surface area contributed by atoms with Crippen molar-refractivity contribution in [3.63, 3.8) is 0 Å². The summed E-state index contributed by atoms with van der Waals surface area (Å²) in [6.07, 6.45) is 0. The molecule has 92 valence electrons. The van der Waals surface area contributed by atoms with Crippen LogP contribution in [0.25, 0.3) is 11.0 Å². The van der Waals surface area contributed by atoms with E-state index in [0.29, 0.717) is 38.4 Å². The fourth-order valence-electron chi connectivity index (χ4n) is 1.73. The number of rotatable bonds is 3. The zero-order valence-electron chi connectivity index (χ0n) is 9.02. The standard InChI is InChI=1S/C11H10Cl3NO2/c1-16-4-5-8(3-15)17-11-7(13)2-6(12)10(14)9(5)11/h2H,3-4,15H2,1H3. The highest BCUT2D eigenvalue weighted by Crippen LogP contribution is 2.40. The van der Waals surface area contributed by atoms with Crippen molar-refractivity contribution in [1.29, 1.82) is 0 Å². The van der Waals surface area contributed by atoms with Gasteiger partial charge in [-0.2, -0.15) is 0 Å². The zero-order chi connectivity index (χ0) is 12.6. The van der Waals surface area contributed by atoms with Crippen LogP contribution >= 0.6 is 34.8 Å². The van der Waals surface area contributed by atoms with E-state index in [2.05, 4.69) is 0 Å². The van der Waals surface area contributed by atoms with Crippen LogP contribution in [0.3, 0.4) is 0 Å². The van der Waals surface area contributed by atoms with Crippen LogP contribution in [0, 0.1) is 0 Å². The van der Waals surface area contributed by atoms with Crippen molar-refractivity contribution in [2.24, 2.45) is 5.73 Å². The van der Waals surface area contributed by atoms with E-state index in [-0.39, 0.29) is 6.54 Å². The lowest BCUT2D eigenvalue weighted by atomic mass is 10.1. The Balaban J connectivity index is 2.84. The Labute approximate surface area is 113 Å². The molecule has 0 saturated carbocycles. The van der Waals surface area contributed by atoms with Crippen molar-refractivity contribution >= 4 is 45.8 Å². The van der Waals surface area contributed by atoms with Crippen LogP contribution in [0.2, 0.25) is 15.1 Å². The fraction of sp³-hybridized carbons (Fsp3) is 0.273. The molecule has 0 fully saturated rings. The Hall–Kier alpha value is -0.450. The van der Waals surface area contributed by atoms with Gasteiger partial charge < -0.3 is 14.9 Å². The van der Waals surface area contributed by atoms with Gasteiger partial charge in [-0.25, -0.2) is 0 Å². The molecule has 0 aliphatic carbocycles. The van der Waals surface area contributed by atoms with Crippen LogP contribution in [-0.4, -0.2) is 7.11 Å². The third-order valence-electron chi connectivity index (χ3n) is 2.46. The zero-order valence-corrected chi connectivity index (χ0v) is 11.3. The minimum Gasteiger partial charge on any atom is -0.458 e. The van der Waals surface area contributed by atoms with E-state index < -0.39 is 0 Å². The first kappa shape index (κ1) is 13.0. The van der Waals surface area contributed by atoms with Gasteiger partial charge in [0.15, 0.2) is 5.58 Å². The molecular formula is C11H10Cl3NO2. The van der Waals surface area contributed by atoms with E-state index in [1.54, 1.807) is 13.2 Å². The van der Waals surface area contributed by atoms with Crippen LogP contribution in [-0.2, 0) is 17.9 Å². The molecule has 0 atom stereocenters. The second-order valence-corrected chi connectivity index (χ2v) is 4.69. The summed E-state index contributed by atoms with van der Waals surface area (Å²) in [4.78, 5) is 0. The first-order valence-electron chi connectivity index (χ1n) is 4.86. The molecule has 0 saturated heterocycles. The normalized spacial score (nSPS) is 11.4. The fourth-order valence-corrected chi connectivity index (χ4v) is 2.49. The molecule has 0 aliphatic heterocycles. The van der Waals surface area contributed by atoms with Crippen LogP contribution in [0.5, 0.6) is 0 Å². The van der Waals surface area contributed by atoms with Gasteiger partial charge in [0.1, 0.15) is 5.76 Å². The number of nitrogens with two attached hydrogens (primary N) is 1. The maximum Gasteiger partial charge on any atom is 0.154 e. The summed E-state index contributed by atoms with van der Waals surface area (Å²) in [7, 11) is 1.58. The van der Waals surface area contributed by atoms with Gasteiger partial charge in [-0.3, -0.25) is 0 Å². The lowest BCUT2D eigenvalue weighted by Gasteiger charge is -2.02. The van der Waals surface area contributed by atoms with Crippen molar-refractivity contribution < 1.29 is 9.15 Å². The second kappa shape index (κ2) is 5.04. The molecule has 0 radical (unpaired) electrons. The first-order valence-corrected chi connectivity index (χ1v) is 6.00. The maximum absolute atomic E-state index is 6.16. The summed E-state index contributed by atoms with van der Waals surface area (Å²) in [6.45, 7) is 0.591. The minimum absolute atomic E-state index is 0.248. The van der Waals surface area contributed by atoms with E-state index in [1.807, 2.05) is 0 Å². The molecule has 0 unspecified atom stereocenters. The molecule has 0 spiro atoms. The van der Waals surface area contributed by atoms with E-state index >= 15 is 0 Å². The largest absolute Gasteiger partial charge is 0.458 e. The van der Waals surface area contributed by atoms with Crippen molar-refractivity contribution in [3.05, 3.63) is 32.5 Å². The highest BCUT2D eigenvalue weighted by molar-refractivity contribution is 6.47. The molecule has 2 N–H and O–H groups in total. The first-order chi connectivity index (χ1) is 8.10. The van der Waals surface area contributed by atoms with Crippen molar-refractivity contribution in [1.82, 2.24) is 0 Å². The molecule has 2 rings (SSSR count). The summed E-state index contributed by atoms with van der Waals surface area (Å²) in [6, 6.07) is 1.55. The molecule has 1 aromatic heterocycles. The van der Waals surface area contributed by atoms with Crippen molar-refractivity contribution in [2.45, 2.75) is 13.2 Å². The quantitative estimate of drug-likeness (QED) is 0.871. The Morgan fingerprint density at radius 2 is 2.00 bits per heavy atom. The second-order valence-electron chi connectivity index (χ2n) is 3.50. The minimum atomic E-state index is 0.248. The molecule has 1 heterocycles. The summed E-state index contributed by atoms with van der Waals surface area (Å²) in [5.74, 6) is 0.605. The predicted molar refractivity (Wildman–Crippen MR) is 69.8 cm³/mol. The Kier molecular flexibility index (Phi) is 3.85. The van der Waals surface area contributed by atoms with E-state index in [1.165, 1.54) is 0 Å². The number of halogens is 3. The molecule has 3 nitrogen and oxygen atoms in total. The molecule has 0 bridgehead atoms. The number of methoxy groups -OCH3 is 1. The molecule has 6 heteroatoms. The van der Waals surface area contributed by atoms with Gasteiger partial charge in [0.2, 0.25) is 0 Å². The summed E-state index contributed by atoms with van der Waals surface area (Å²) < 4.78 is 10.7. The smallest absolute Gasteiger partial charge is 0.154 e. The van der Waals surface area contributed by atoms with Crippen LogP contribution in [0.15, 0.2) is 10.5 Å². The van der Waals surface area contributed by atoms with Crippen LogP contribution < -0.4 is 5.73 Å². The number of ether oxygens (including phenoxy) is 1. The molecule has 0 aliphatic rings. The molecule has 1 aromatic carbocycles. The lowest BCUT2D eigenvalue weighted by molar-refractivity contribution is 0.184. The third kappa shape index (κ3) is 2.14. The van der Waals surface area contributed by atoms with E-state index in [4.69, 9.17) is 49.7 Å². The Morgan fingerprint density at radius 1 is 1.29 bits per heavy atom. The topological polar surface area (TPSA) is 48.4 Å². The average Bonchev–Trinajstić information content (AvgIpc) is 2.66. The Bertz CT molecular complexity index is 566. The van der Waals surface area contributed by atoms with Gasteiger partial charge in [-0.15, -0.1) is 0 Å².